The minimum atomic E-state index is -0.259. The van der Waals surface area contributed by atoms with Crippen molar-refractivity contribution < 1.29 is 0 Å². The van der Waals surface area contributed by atoms with Crippen LogP contribution in [0.3, 0.4) is 0 Å². The third-order valence-corrected chi connectivity index (χ3v) is 4.48. The number of hydrogen-bond acceptors (Lipinski definition) is 3. The lowest BCUT2D eigenvalue weighted by Gasteiger charge is -2.30. The molecule has 0 aromatic rings. The lowest BCUT2D eigenvalue weighted by atomic mass is 9.96. The molecule has 0 bridgehead atoms. The minimum Gasteiger partial charge on any atom is -0.296 e. The molecule has 1 saturated carbocycles. The lowest BCUT2D eigenvalue weighted by Crippen LogP contribution is -2.51. The molecule has 1 atom stereocenters. The van der Waals surface area contributed by atoms with Crippen LogP contribution in [0.1, 0.15) is 52.9 Å². The van der Waals surface area contributed by atoms with Crippen molar-refractivity contribution in [3.8, 4) is 6.07 Å². The van der Waals surface area contributed by atoms with Gasteiger partial charge in [-0.1, -0.05) is 19.8 Å². The Morgan fingerprint density at radius 1 is 1.41 bits per heavy atom. The first-order valence-electron chi connectivity index (χ1n) is 6.91. The van der Waals surface area contributed by atoms with E-state index in [1.807, 2.05) is 11.8 Å². The highest BCUT2D eigenvalue weighted by molar-refractivity contribution is 7.99. The van der Waals surface area contributed by atoms with Crippen LogP contribution in [0.5, 0.6) is 0 Å². The normalized spacial score (nSPS) is 19.0. The van der Waals surface area contributed by atoms with Crippen LogP contribution < -0.4 is 5.32 Å². The Balaban J connectivity index is 2.38. The minimum absolute atomic E-state index is 0.259. The molecule has 2 nitrogen and oxygen atoms in total. The largest absolute Gasteiger partial charge is 0.296 e. The predicted octanol–water partition coefficient (Wildman–Crippen LogP) is 3.58. The fourth-order valence-corrected chi connectivity index (χ4v) is 3.47. The van der Waals surface area contributed by atoms with E-state index in [2.05, 4.69) is 32.2 Å². The third-order valence-electron chi connectivity index (χ3n) is 3.24. The Kier molecular flexibility index (Phi) is 6.37. The van der Waals surface area contributed by atoms with Gasteiger partial charge in [0.25, 0.3) is 0 Å². The average Bonchev–Trinajstić information content (AvgIpc) is 3.11. The standard InChI is InChI=1S/C14H26N2S/c1-4-5-6-9-17-11-14(10-15,13-7-8-13)16-12(2)3/h12-13,16H,4-9,11H2,1-3H3. The molecule has 0 amide bonds. The Bertz CT molecular complexity index is 255. The molecule has 1 aliphatic carbocycles. The van der Waals surface area contributed by atoms with Gasteiger partial charge in [0.15, 0.2) is 0 Å². The van der Waals surface area contributed by atoms with Gasteiger partial charge in [-0.2, -0.15) is 17.0 Å². The van der Waals surface area contributed by atoms with Gasteiger partial charge in [0.2, 0.25) is 0 Å². The topological polar surface area (TPSA) is 35.8 Å². The molecule has 0 aliphatic heterocycles. The zero-order valence-electron chi connectivity index (χ0n) is 11.5. The Morgan fingerprint density at radius 2 is 2.12 bits per heavy atom. The second kappa shape index (κ2) is 7.28. The van der Waals surface area contributed by atoms with Crippen molar-refractivity contribution in [2.24, 2.45) is 5.92 Å². The third kappa shape index (κ3) is 4.89. The van der Waals surface area contributed by atoms with Crippen molar-refractivity contribution in [3.63, 3.8) is 0 Å². The number of rotatable bonds is 9. The predicted molar refractivity (Wildman–Crippen MR) is 76.2 cm³/mol. The molecular formula is C14H26N2S. The van der Waals surface area contributed by atoms with Gasteiger partial charge in [0.05, 0.1) is 6.07 Å². The first-order chi connectivity index (χ1) is 8.14. The second-order valence-corrected chi connectivity index (χ2v) is 6.52. The van der Waals surface area contributed by atoms with Gasteiger partial charge in [-0.3, -0.25) is 5.32 Å². The zero-order chi connectivity index (χ0) is 12.7. The highest BCUT2D eigenvalue weighted by Crippen LogP contribution is 2.41. The van der Waals surface area contributed by atoms with Crippen LogP contribution in [0, 0.1) is 17.2 Å². The van der Waals surface area contributed by atoms with Crippen LogP contribution in [0.25, 0.3) is 0 Å². The highest BCUT2D eigenvalue weighted by Gasteiger charge is 2.45. The van der Waals surface area contributed by atoms with E-state index in [0.29, 0.717) is 12.0 Å². The fraction of sp³-hybridized carbons (Fsp3) is 0.929. The van der Waals surface area contributed by atoms with E-state index < -0.39 is 0 Å². The van der Waals surface area contributed by atoms with Gasteiger partial charge < -0.3 is 0 Å². The molecule has 3 heteroatoms. The van der Waals surface area contributed by atoms with Crippen LogP contribution >= 0.6 is 11.8 Å². The van der Waals surface area contributed by atoms with Gasteiger partial charge in [-0.25, -0.2) is 0 Å². The first kappa shape index (κ1) is 14.9. The number of thioether (sulfide) groups is 1. The van der Waals surface area contributed by atoms with E-state index in [9.17, 15) is 5.26 Å². The maximum atomic E-state index is 9.51. The summed E-state index contributed by atoms with van der Waals surface area (Å²) in [6, 6.07) is 2.96. The van der Waals surface area contributed by atoms with Crippen molar-refractivity contribution in [3.05, 3.63) is 0 Å². The van der Waals surface area contributed by atoms with Gasteiger partial charge in [0.1, 0.15) is 5.54 Å². The number of nitrogens with zero attached hydrogens (tertiary/aromatic N) is 1. The second-order valence-electron chi connectivity index (χ2n) is 5.42. The summed E-state index contributed by atoms with van der Waals surface area (Å²) in [4.78, 5) is 0. The molecule has 0 aromatic heterocycles. The molecule has 1 unspecified atom stereocenters. The maximum Gasteiger partial charge on any atom is 0.118 e. The van der Waals surface area contributed by atoms with E-state index in [1.165, 1.54) is 37.9 Å². The van der Waals surface area contributed by atoms with Crippen LogP contribution in [0.2, 0.25) is 0 Å². The summed E-state index contributed by atoms with van der Waals surface area (Å²) < 4.78 is 0. The van der Waals surface area contributed by atoms with Crippen molar-refractivity contribution in [1.29, 1.82) is 5.26 Å². The first-order valence-corrected chi connectivity index (χ1v) is 8.06. The molecule has 0 radical (unpaired) electrons. The zero-order valence-corrected chi connectivity index (χ0v) is 12.3. The van der Waals surface area contributed by atoms with Gasteiger partial charge >= 0.3 is 0 Å². The molecule has 17 heavy (non-hydrogen) atoms. The van der Waals surface area contributed by atoms with Crippen molar-refractivity contribution in [2.75, 3.05) is 11.5 Å². The number of nitrogens with one attached hydrogen (secondary N) is 1. The molecule has 1 aliphatic rings. The average molecular weight is 254 g/mol. The quantitative estimate of drug-likeness (QED) is 0.639. The summed E-state index contributed by atoms with van der Waals surface area (Å²) in [5.74, 6) is 2.74. The molecule has 1 rings (SSSR count). The van der Waals surface area contributed by atoms with Crippen LogP contribution in [0.15, 0.2) is 0 Å². The summed E-state index contributed by atoms with van der Waals surface area (Å²) in [5.41, 5.74) is -0.259. The van der Waals surface area contributed by atoms with E-state index in [4.69, 9.17) is 0 Å². The summed E-state index contributed by atoms with van der Waals surface area (Å²) >= 11 is 1.95. The van der Waals surface area contributed by atoms with E-state index in [0.717, 1.165) is 5.75 Å². The SMILES string of the molecule is CCCCCSCC(C#N)(NC(C)C)C1CC1. The number of nitriles is 1. The summed E-state index contributed by atoms with van der Waals surface area (Å²) in [5, 5.41) is 13.0. The molecular weight excluding hydrogens is 228 g/mol. The van der Waals surface area contributed by atoms with Crippen molar-refractivity contribution >= 4 is 11.8 Å². The summed E-state index contributed by atoms with van der Waals surface area (Å²) in [6.45, 7) is 6.50. The van der Waals surface area contributed by atoms with Crippen molar-refractivity contribution in [2.45, 2.75) is 64.5 Å². The summed E-state index contributed by atoms with van der Waals surface area (Å²) in [7, 11) is 0. The van der Waals surface area contributed by atoms with E-state index in [1.54, 1.807) is 0 Å². The van der Waals surface area contributed by atoms with Gasteiger partial charge in [-0.15, -0.1) is 0 Å². The molecule has 0 heterocycles. The molecule has 1 N–H and O–H groups in total. The molecule has 0 aromatic carbocycles. The smallest absolute Gasteiger partial charge is 0.118 e. The van der Waals surface area contributed by atoms with Crippen LogP contribution in [0.4, 0.5) is 0 Å². The van der Waals surface area contributed by atoms with Crippen LogP contribution in [-0.4, -0.2) is 23.1 Å². The Labute approximate surface area is 111 Å². The van der Waals surface area contributed by atoms with Gasteiger partial charge in [-0.05, 0) is 44.8 Å². The van der Waals surface area contributed by atoms with E-state index >= 15 is 0 Å². The van der Waals surface area contributed by atoms with Crippen LogP contribution in [-0.2, 0) is 0 Å². The summed E-state index contributed by atoms with van der Waals surface area (Å²) in [6.07, 6.45) is 6.32. The monoisotopic (exact) mass is 254 g/mol. The van der Waals surface area contributed by atoms with Crippen molar-refractivity contribution in [1.82, 2.24) is 5.32 Å². The molecule has 0 saturated heterocycles. The molecule has 98 valence electrons. The Morgan fingerprint density at radius 3 is 2.59 bits per heavy atom. The maximum absolute atomic E-state index is 9.51. The number of hydrogen-bond donors (Lipinski definition) is 1. The fourth-order valence-electron chi connectivity index (χ4n) is 2.21. The molecule has 1 fully saturated rings. The Hall–Kier alpha value is -0.200. The molecule has 0 spiro atoms. The van der Waals surface area contributed by atoms with E-state index in [-0.39, 0.29) is 5.54 Å². The highest BCUT2D eigenvalue weighted by atomic mass is 32.2. The lowest BCUT2D eigenvalue weighted by molar-refractivity contribution is 0.370. The number of unbranched alkanes of at least 4 members (excludes halogenated alkanes) is 2. The van der Waals surface area contributed by atoms with Gasteiger partial charge in [0, 0.05) is 11.8 Å².